The van der Waals surface area contributed by atoms with Gasteiger partial charge in [-0.3, -0.25) is 4.79 Å². The third-order valence-corrected chi connectivity index (χ3v) is 5.24. The Hall–Kier alpha value is -3.13. The molecule has 0 bridgehead atoms. The molecule has 1 aliphatic rings. The molecule has 0 saturated carbocycles. The molecule has 3 rings (SSSR count). The normalized spacial score (nSPS) is 14.9. The predicted molar refractivity (Wildman–Crippen MR) is 120 cm³/mol. The molecule has 1 aliphatic heterocycles. The molecule has 0 aliphatic carbocycles. The largest absolute Gasteiger partial charge is 0.478 e. The molecular formula is C24H30N2O6. The quantitative estimate of drug-likeness (QED) is 0.734. The Balaban J connectivity index is 1.52. The highest BCUT2D eigenvalue weighted by Crippen LogP contribution is 2.18. The Morgan fingerprint density at radius 1 is 1.09 bits per heavy atom. The zero-order chi connectivity index (χ0) is 23.3. The molecule has 1 aromatic carbocycles. The summed E-state index contributed by atoms with van der Waals surface area (Å²) in [5.41, 5.74) is 0.694. The van der Waals surface area contributed by atoms with Gasteiger partial charge in [0.05, 0.1) is 18.3 Å². The first-order valence-electron chi connectivity index (χ1n) is 10.8. The van der Waals surface area contributed by atoms with E-state index in [9.17, 15) is 14.4 Å². The number of likely N-dealkylation sites (tertiary alicyclic amines) is 1. The van der Waals surface area contributed by atoms with Crippen LogP contribution in [0.3, 0.4) is 0 Å². The van der Waals surface area contributed by atoms with Crippen LogP contribution < -0.4 is 5.56 Å². The summed E-state index contributed by atoms with van der Waals surface area (Å²) < 4.78 is 13.0. The Morgan fingerprint density at radius 3 is 2.34 bits per heavy atom. The van der Waals surface area contributed by atoms with Gasteiger partial charge in [-0.15, -0.1) is 0 Å². The molecule has 1 fully saturated rings. The van der Waals surface area contributed by atoms with E-state index in [1.165, 1.54) is 12.1 Å². The Kier molecular flexibility index (Phi) is 7.35. The second-order valence-corrected chi connectivity index (χ2v) is 8.84. The van der Waals surface area contributed by atoms with Crippen LogP contribution >= 0.6 is 0 Å². The van der Waals surface area contributed by atoms with Crippen LogP contribution in [0.1, 0.15) is 44.0 Å². The van der Waals surface area contributed by atoms with E-state index in [0.717, 1.165) is 12.8 Å². The highest BCUT2D eigenvalue weighted by atomic mass is 16.6. The Morgan fingerprint density at radius 2 is 1.75 bits per heavy atom. The van der Waals surface area contributed by atoms with E-state index >= 15 is 0 Å². The molecule has 32 heavy (non-hydrogen) atoms. The minimum Gasteiger partial charge on any atom is -0.478 e. The van der Waals surface area contributed by atoms with Crippen LogP contribution in [0.25, 0.3) is 11.1 Å². The summed E-state index contributed by atoms with van der Waals surface area (Å²) in [4.78, 5) is 37.7. The molecule has 2 heterocycles. The number of piperidine rings is 1. The number of ether oxygens (including phenoxy) is 2. The van der Waals surface area contributed by atoms with Crippen LogP contribution in [0, 0.1) is 0 Å². The van der Waals surface area contributed by atoms with Crippen molar-refractivity contribution in [3.05, 3.63) is 58.5 Å². The van der Waals surface area contributed by atoms with Gasteiger partial charge in [0.25, 0.3) is 5.56 Å². The summed E-state index contributed by atoms with van der Waals surface area (Å²) >= 11 is 0. The number of nitrogens with zero attached hydrogens (tertiary/aromatic N) is 2. The van der Waals surface area contributed by atoms with Crippen molar-refractivity contribution in [2.24, 2.45) is 0 Å². The Labute approximate surface area is 187 Å². The minimum atomic E-state index is -1.00. The standard InChI is InChI=1S/C24H30N2O6/c1-24(2,3)32-23(30)26-13-10-19(11-14-26)31-16-15-25-12-4-5-20(21(25)27)17-6-8-18(9-7-17)22(28)29/h4-9,12,19H,10-11,13-16H2,1-3H3,(H,28,29). The van der Waals surface area contributed by atoms with E-state index in [-0.39, 0.29) is 23.3 Å². The Bertz CT molecular complexity index is 998. The van der Waals surface area contributed by atoms with Crippen molar-refractivity contribution in [3.8, 4) is 11.1 Å². The molecule has 8 heteroatoms. The van der Waals surface area contributed by atoms with Crippen molar-refractivity contribution in [2.75, 3.05) is 19.7 Å². The molecule has 1 N–H and O–H groups in total. The number of aromatic carboxylic acids is 1. The molecule has 1 amide bonds. The van der Waals surface area contributed by atoms with Gasteiger partial charge >= 0.3 is 12.1 Å². The van der Waals surface area contributed by atoms with Crippen LogP contribution in [0.5, 0.6) is 0 Å². The van der Waals surface area contributed by atoms with Gasteiger partial charge in [-0.05, 0) is 63.4 Å². The number of carbonyl (C=O) groups is 2. The molecule has 1 aromatic heterocycles. The second kappa shape index (κ2) is 9.99. The van der Waals surface area contributed by atoms with Gasteiger partial charge in [-0.2, -0.15) is 0 Å². The fourth-order valence-corrected chi connectivity index (χ4v) is 3.57. The number of benzene rings is 1. The minimum absolute atomic E-state index is 0.0381. The lowest BCUT2D eigenvalue weighted by Gasteiger charge is -2.33. The van der Waals surface area contributed by atoms with Crippen LogP contribution in [0.2, 0.25) is 0 Å². The summed E-state index contributed by atoms with van der Waals surface area (Å²) in [7, 11) is 0. The zero-order valence-electron chi connectivity index (χ0n) is 18.7. The maximum absolute atomic E-state index is 12.8. The number of hydrogen-bond acceptors (Lipinski definition) is 5. The third kappa shape index (κ3) is 6.20. The van der Waals surface area contributed by atoms with Gasteiger partial charge in [-0.1, -0.05) is 12.1 Å². The van der Waals surface area contributed by atoms with Crippen molar-refractivity contribution < 1.29 is 24.2 Å². The first kappa shape index (κ1) is 23.5. The lowest BCUT2D eigenvalue weighted by Crippen LogP contribution is -2.43. The maximum Gasteiger partial charge on any atom is 0.410 e. The number of rotatable bonds is 6. The monoisotopic (exact) mass is 442 g/mol. The molecule has 8 nitrogen and oxygen atoms in total. The molecule has 1 saturated heterocycles. The summed E-state index contributed by atoms with van der Waals surface area (Å²) in [6, 6.07) is 9.77. The summed E-state index contributed by atoms with van der Waals surface area (Å²) in [6.07, 6.45) is 2.91. The average Bonchev–Trinajstić information content (AvgIpc) is 2.74. The molecular weight excluding hydrogens is 412 g/mol. The topological polar surface area (TPSA) is 98.1 Å². The summed E-state index contributed by atoms with van der Waals surface area (Å²) in [5, 5.41) is 9.03. The highest BCUT2D eigenvalue weighted by Gasteiger charge is 2.27. The first-order valence-corrected chi connectivity index (χ1v) is 10.8. The van der Waals surface area contributed by atoms with E-state index in [1.54, 1.807) is 39.9 Å². The van der Waals surface area contributed by atoms with Gasteiger partial charge in [0, 0.05) is 31.4 Å². The number of aromatic nitrogens is 1. The fraction of sp³-hybridized carbons (Fsp3) is 0.458. The van der Waals surface area contributed by atoms with Gasteiger partial charge < -0.3 is 24.0 Å². The highest BCUT2D eigenvalue weighted by molar-refractivity contribution is 5.88. The molecule has 0 radical (unpaired) electrons. The van der Waals surface area contributed by atoms with Gasteiger partial charge in [0.15, 0.2) is 0 Å². The summed E-state index contributed by atoms with van der Waals surface area (Å²) in [6.45, 7) is 7.52. The van der Waals surface area contributed by atoms with E-state index in [0.29, 0.717) is 37.4 Å². The number of carboxylic acid groups (broad SMARTS) is 1. The van der Waals surface area contributed by atoms with Crippen LogP contribution in [0.15, 0.2) is 47.4 Å². The van der Waals surface area contributed by atoms with Crippen LogP contribution in [0.4, 0.5) is 4.79 Å². The first-order chi connectivity index (χ1) is 15.1. The molecule has 0 atom stereocenters. The third-order valence-electron chi connectivity index (χ3n) is 5.24. The van der Waals surface area contributed by atoms with Gasteiger partial charge in [-0.25, -0.2) is 9.59 Å². The van der Waals surface area contributed by atoms with E-state index in [2.05, 4.69) is 0 Å². The van der Waals surface area contributed by atoms with Crippen LogP contribution in [-0.2, 0) is 16.0 Å². The van der Waals surface area contributed by atoms with Crippen molar-refractivity contribution >= 4 is 12.1 Å². The molecule has 2 aromatic rings. The SMILES string of the molecule is CC(C)(C)OC(=O)N1CCC(OCCn2cccc(-c3ccc(C(=O)O)cc3)c2=O)CC1. The molecule has 0 unspecified atom stereocenters. The number of pyridine rings is 1. The van der Waals surface area contributed by atoms with Gasteiger partial charge in [0.1, 0.15) is 5.60 Å². The number of carboxylic acids is 1. The number of amides is 1. The molecule has 172 valence electrons. The smallest absolute Gasteiger partial charge is 0.410 e. The van der Waals surface area contributed by atoms with E-state index in [4.69, 9.17) is 14.6 Å². The maximum atomic E-state index is 12.8. The number of carbonyl (C=O) groups excluding carboxylic acids is 1. The van der Waals surface area contributed by atoms with E-state index in [1.807, 2.05) is 20.8 Å². The fourth-order valence-electron chi connectivity index (χ4n) is 3.57. The van der Waals surface area contributed by atoms with E-state index < -0.39 is 11.6 Å². The van der Waals surface area contributed by atoms with Crippen molar-refractivity contribution in [1.29, 1.82) is 0 Å². The van der Waals surface area contributed by atoms with Crippen LogP contribution in [-0.4, -0.2) is 58.0 Å². The number of hydrogen-bond donors (Lipinski definition) is 1. The van der Waals surface area contributed by atoms with Gasteiger partial charge in [0.2, 0.25) is 0 Å². The van der Waals surface area contributed by atoms with Crippen molar-refractivity contribution in [3.63, 3.8) is 0 Å². The lowest BCUT2D eigenvalue weighted by atomic mass is 10.1. The van der Waals surface area contributed by atoms with Crippen molar-refractivity contribution in [1.82, 2.24) is 9.47 Å². The lowest BCUT2D eigenvalue weighted by molar-refractivity contribution is -0.0132. The van der Waals surface area contributed by atoms with Crippen molar-refractivity contribution in [2.45, 2.75) is 51.9 Å². The second-order valence-electron chi connectivity index (χ2n) is 8.84. The molecule has 0 spiro atoms. The summed E-state index contributed by atoms with van der Waals surface area (Å²) in [5.74, 6) is -1.00. The zero-order valence-corrected chi connectivity index (χ0v) is 18.7. The average molecular weight is 443 g/mol. The predicted octanol–water partition coefficient (Wildman–Crippen LogP) is 3.63.